The maximum absolute atomic E-state index is 12.8. The highest BCUT2D eigenvalue weighted by Crippen LogP contribution is 2.35. The van der Waals surface area contributed by atoms with Gasteiger partial charge in [-0.3, -0.25) is 4.79 Å². The van der Waals surface area contributed by atoms with E-state index in [9.17, 15) is 22.8 Å². The Balaban J connectivity index is 2.55. The average Bonchev–Trinajstić information content (AvgIpc) is 2.97. The van der Waals surface area contributed by atoms with E-state index in [2.05, 4.69) is 5.32 Å². The van der Waals surface area contributed by atoms with Crippen LogP contribution in [-0.2, 0) is 19.5 Å². The van der Waals surface area contributed by atoms with Gasteiger partial charge in [-0.2, -0.15) is 0 Å². The lowest BCUT2D eigenvalue weighted by Crippen LogP contribution is -2.18. The first-order chi connectivity index (χ1) is 14.4. The Kier molecular flexibility index (Phi) is 8.06. The van der Waals surface area contributed by atoms with Crippen molar-refractivity contribution in [2.24, 2.45) is 5.14 Å². The van der Waals surface area contributed by atoms with Crippen molar-refractivity contribution in [3.63, 3.8) is 0 Å². The number of halogens is 2. The predicted molar refractivity (Wildman–Crippen MR) is 117 cm³/mol. The van der Waals surface area contributed by atoms with Gasteiger partial charge < -0.3 is 14.8 Å². The number of thiophene rings is 1. The fraction of sp³-hybridized carbons (Fsp3) is 0.278. The van der Waals surface area contributed by atoms with Crippen LogP contribution in [0.2, 0.25) is 10.0 Å². The topological polar surface area (TPSA) is 142 Å². The molecule has 0 atom stereocenters. The maximum Gasteiger partial charge on any atom is 0.348 e. The second-order valence-corrected chi connectivity index (χ2v) is 9.33. The molecule has 13 heteroatoms. The summed E-state index contributed by atoms with van der Waals surface area (Å²) in [5.41, 5.74) is -0.0155. The predicted octanol–water partition coefficient (Wildman–Crippen LogP) is 3.62. The third-order valence-electron chi connectivity index (χ3n) is 3.89. The van der Waals surface area contributed by atoms with Gasteiger partial charge in [0.25, 0.3) is 5.91 Å². The first kappa shape index (κ1) is 25.1. The second kappa shape index (κ2) is 9.96. The van der Waals surface area contributed by atoms with E-state index in [1.807, 2.05) is 0 Å². The van der Waals surface area contributed by atoms with Crippen LogP contribution in [0.3, 0.4) is 0 Å². The van der Waals surface area contributed by atoms with Crippen LogP contribution >= 0.6 is 34.5 Å². The zero-order valence-electron chi connectivity index (χ0n) is 16.6. The van der Waals surface area contributed by atoms with E-state index in [-0.39, 0.29) is 49.8 Å². The first-order valence-corrected chi connectivity index (χ1v) is 11.8. The van der Waals surface area contributed by atoms with Gasteiger partial charge >= 0.3 is 11.9 Å². The molecule has 0 aliphatic rings. The van der Waals surface area contributed by atoms with Gasteiger partial charge in [0.1, 0.15) is 14.8 Å². The number of anilines is 1. The van der Waals surface area contributed by atoms with E-state index >= 15 is 0 Å². The van der Waals surface area contributed by atoms with Crippen LogP contribution in [0.25, 0.3) is 0 Å². The van der Waals surface area contributed by atoms with Gasteiger partial charge in [-0.1, -0.05) is 23.2 Å². The molecule has 2 aromatic rings. The average molecular weight is 509 g/mol. The summed E-state index contributed by atoms with van der Waals surface area (Å²) in [5.74, 6) is -2.28. The van der Waals surface area contributed by atoms with Gasteiger partial charge in [-0.25, -0.2) is 23.1 Å². The smallest absolute Gasteiger partial charge is 0.348 e. The summed E-state index contributed by atoms with van der Waals surface area (Å²) in [6.07, 6.45) is 0. The number of hydrogen-bond donors (Lipinski definition) is 2. The van der Waals surface area contributed by atoms with Crippen molar-refractivity contribution < 1.29 is 32.3 Å². The normalized spacial score (nSPS) is 11.2. The van der Waals surface area contributed by atoms with Gasteiger partial charge in [0.15, 0.2) is 0 Å². The molecule has 0 unspecified atom stereocenters. The molecule has 0 fully saturated rings. The molecular weight excluding hydrogens is 491 g/mol. The fourth-order valence-corrected chi connectivity index (χ4v) is 5.02. The molecule has 0 saturated heterocycles. The molecule has 9 nitrogen and oxygen atoms in total. The van der Waals surface area contributed by atoms with Gasteiger partial charge in [-0.15, -0.1) is 11.3 Å². The number of nitrogens with one attached hydrogen (secondary N) is 1. The molecule has 3 N–H and O–H groups in total. The zero-order chi connectivity index (χ0) is 23.5. The number of carbonyl (C=O) groups is 3. The maximum atomic E-state index is 12.8. The number of sulfonamides is 1. The van der Waals surface area contributed by atoms with Crippen LogP contribution in [0.5, 0.6) is 0 Å². The molecule has 168 valence electrons. The molecule has 1 aromatic carbocycles. The van der Waals surface area contributed by atoms with Crippen molar-refractivity contribution in [2.45, 2.75) is 25.7 Å². The summed E-state index contributed by atoms with van der Waals surface area (Å²) in [5, 5.41) is 7.19. The van der Waals surface area contributed by atoms with Gasteiger partial charge in [0.2, 0.25) is 10.0 Å². The van der Waals surface area contributed by atoms with Crippen LogP contribution in [-0.4, -0.2) is 39.5 Å². The minimum absolute atomic E-state index is 0.00664. The Morgan fingerprint density at radius 1 is 1.06 bits per heavy atom. The highest BCUT2D eigenvalue weighted by molar-refractivity contribution is 7.89. The van der Waals surface area contributed by atoms with Crippen LogP contribution < -0.4 is 10.5 Å². The largest absolute Gasteiger partial charge is 0.462 e. The minimum atomic E-state index is -4.23. The molecule has 0 aliphatic heterocycles. The molecule has 1 amide bonds. The Morgan fingerprint density at radius 3 is 2.19 bits per heavy atom. The summed E-state index contributed by atoms with van der Waals surface area (Å²) < 4.78 is 33.4. The molecule has 0 aliphatic carbocycles. The Labute approximate surface area is 192 Å². The third-order valence-corrected chi connectivity index (χ3v) is 6.76. The van der Waals surface area contributed by atoms with Crippen LogP contribution in [0.15, 0.2) is 17.0 Å². The second-order valence-electron chi connectivity index (χ2n) is 5.96. The molecular formula is C18H18Cl2N2O7S2. The lowest BCUT2D eigenvalue weighted by molar-refractivity contribution is 0.0527. The molecule has 1 heterocycles. The van der Waals surface area contributed by atoms with Gasteiger partial charge in [0, 0.05) is 0 Å². The Morgan fingerprint density at radius 2 is 1.65 bits per heavy atom. The minimum Gasteiger partial charge on any atom is -0.462 e. The number of amides is 1. The monoisotopic (exact) mass is 508 g/mol. The highest BCUT2D eigenvalue weighted by atomic mass is 35.5. The zero-order valence-corrected chi connectivity index (χ0v) is 19.7. The lowest BCUT2D eigenvalue weighted by Gasteiger charge is -2.10. The molecule has 31 heavy (non-hydrogen) atoms. The lowest BCUT2D eigenvalue weighted by atomic mass is 10.1. The quantitative estimate of drug-likeness (QED) is 0.543. The van der Waals surface area contributed by atoms with Gasteiger partial charge in [0.05, 0.1) is 34.4 Å². The first-order valence-electron chi connectivity index (χ1n) is 8.73. The summed E-state index contributed by atoms with van der Waals surface area (Å²) in [7, 11) is -4.23. The number of hydrogen-bond acceptors (Lipinski definition) is 8. The van der Waals surface area contributed by atoms with Crippen molar-refractivity contribution in [3.8, 4) is 0 Å². The number of rotatable bonds is 7. The van der Waals surface area contributed by atoms with Crippen LogP contribution in [0, 0.1) is 6.92 Å². The van der Waals surface area contributed by atoms with E-state index in [0.717, 1.165) is 23.5 Å². The van der Waals surface area contributed by atoms with E-state index in [1.54, 1.807) is 13.8 Å². The highest BCUT2D eigenvalue weighted by Gasteiger charge is 2.28. The summed E-state index contributed by atoms with van der Waals surface area (Å²) >= 11 is 12.7. The number of carbonyl (C=O) groups excluding carboxylic acids is 3. The Hall–Kier alpha value is -2.18. The molecule has 1 aromatic heterocycles. The summed E-state index contributed by atoms with van der Waals surface area (Å²) in [6, 6.07) is 1.99. The fourth-order valence-electron chi connectivity index (χ4n) is 2.53. The van der Waals surface area contributed by atoms with Crippen molar-refractivity contribution in [3.05, 3.63) is 43.7 Å². The van der Waals surface area contributed by atoms with Crippen molar-refractivity contribution in [2.75, 3.05) is 18.5 Å². The third kappa shape index (κ3) is 5.55. The van der Waals surface area contributed by atoms with Crippen molar-refractivity contribution in [1.82, 2.24) is 0 Å². The molecule has 2 rings (SSSR count). The number of nitrogens with two attached hydrogens (primary N) is 1. The number of benzene rings is 1. The van der Waals surface area contributed by atoms with E-state index in [4.69, 9.17) is 37.8 Å². The van der Waals surface area contributed by atoms with Crippen LogP contribution in [0.1, 0.15) is 49.8 Å². The molecule has 0 spiro atoms. The summed E-state index contributed by atoms with van der Waals surface area (Å²) in [4.78, 5) is 37.1. The van der Waals surface area contributed by atoms with Crippen molar-refractivity contribution in [1.29, 1.82) is 0 Å². The number of primary sulfonamides is 1. The molecule has 0 radical (unpaired) electrons. The number of ether oxygens (including phenoxy) is 2. The Bertz CT molecular complexity index is 1160. The standard InChI is InChI=1S/C18H18Cl2N2O7S2/c1-4-28-17(24)13-8(3)14(18(25)29-5-2)30-16(13)22-15(23)9-6-12(31(21,26)27)11(20)7-10(9)19/h6-7H,4-5H2,1-3H3,(H,22,23)(H2,21,26,27). The van der Waals surface area contributed by atoms with E-state index < -0.39 is 32.8 Å². The van der Waals surface area contributed by atoms with E-state index in [1.165, 1.54) is 6.92 Å². The molecule has 0 bridgehead atoms. The van der Waals surface area contributed by atoms with Crippen molar-refractivity contribution >= 4 is 67.4 Å². The summed E-state index contributed by atoms with van der Waals surface area (Å²) in [6.45, 7) is 4.92. The van der Waals surface area contributed by atoms with Gasteiger partial charge in [-0.05, 0) is 38.5 Å². The molecule has 0 saturated carbocycles. The van der Waals surface area contributed by atoms with E-state index in [0.29, 0.717) is 0 Å². The van der Waals surface area contributed by atoms with Crippen LogP contribution in [0.4, 0.5) is 5.00 Å². The number of esters is 2. The SMILES string of the molecule is CCOC(=O)c1sc(NC(=O)c2cc(S(N)(=O)=O)c(Cl)cc2Cl)c(C(=O)OCC)c1C.